The van der Waals surface area contributed by atoms with Crippen LogP contribution in [0.2, 0.25) is 0 Å². The third-order valence-corrected chi connectivity index (χ3v) is 5.66. The fraction of sp³-hybridized carbons (Fsp3) is 0.429. The first-order valence-corrected chi connectivity index (χ1v) is 9.61. The summed E-state index contributed by atoms with van der Waals surface area (Å²) in [5.74, 6) is 1.73. The lowest BCUT2D eigenvalue weighted by Gasteiger charge is -2.37. The molecule has 1 aromatic carbocycles. The Morgan fingerprint density at radius 2 is 2.04 bits per heavy atom. The quantitative estimate of drug-likeness (QED) is 0.825. The Hall–Kier alpha value is -2.83. The second-order valence-corrected chi connectivity index (χ2v) is 7.71. The van der Waals surface area contributed by atoms with E-state index in [1.165, 1.54) is 12.1 Å². The Morgan fingerprint density at radius 1 is 1.32 bits per heavy atom. The number of amides is 1. The zero-order valence-electron chi connectivity index (χ0n) is 16.3. The fourth-order valence-corrected chi connectivity index (χ4v) is 3.72. The Morgan fingerprint density at radius 3 is 2.75 bits per heavy atom. The maximum atomic E-state index is 12.9. The van der Waals surface area contributed by atoms with E-state index in [1.807, 2.05) is 31.9 Å². The van der Waals surface area contributed by atoms with Crippen molar-refractivity contribution < 1.29 is 13.9 Å². The number of halogens is 1. The topological polar surface area (TPSA) is 66.5 Å². The summed E-state index contributed by atoms with van der Waals surface area (Å²) in [6.07, 6.45) is 2.00. The zero-order chi connectivity index (χ0) is 19.8. The lowest BCUT2D eigenvalue weighted by atomic mass is 9.81. The smallest absolute Gasteiger partial charge is 0.246 e. The van der Waals surface area contributed by atoms with E-state index in [9.17, 15) is 9.18 Å². The molecule has 0 bridgehead atoms. The van der Waals surface area contributed by atoms with Gasteiger partial charge in [0.25, 0.3) is 0 Å². The van der Waals surface area contributed by atoms with Gasteiger partial charge < -0.3 is 20.3 Å². The van der Waals surface area contributed by atoms with Crippen LogP contribution < -0.4 is 20.3 Å². The molecule has 1 saturated carbocycles. The molecule has 0 radical (unpaired) electrons. The Kier molecular flexibility index (Phi) is 4.83. The highest BCUT2D eigenvalue weighted by molar-refractivity contribution is 6.04. The molecular weight excluding hydrogens is 359 g/mol. The van der Waals surface area contributed by atoms with E-state index in [2.05, 4.69) is 15.6 Å². The molecule has 2 N–H and O–H groups in total. The molecule has 1 fully saturated rings. The van der Waals surface area contributed by atoms with Crippen molar-refractivity contribution in [2.75, 3.05) is 29.2 Å². The largest absolute Gasteiger partial charge is 0.493 e. The van der Waals surface area contributed by atoms with E-state index < -0.39 is 0 Å². The summed E-state index contributed by atoms with van der Waals surface area (Å²) >= 11 is 0. The number of carbonyl (C=O) groups excluding carboxylic acids is 1. The average molecular weight is 384 g/mol. The molecule has 1 aliphatic heterocycles. The summed E-state index contributed by atoms with van der Waals surface area (Å²) in [6.45, 7) is 4.43. The lowest BCUT2D eigenvalue weighted by molar-refractivity contribution is -0.117. The van der Waals surface area contributed by atoms with Crippen molar-refractivity contribution in [1.82, 2.24) is 4.98 Å². The molecule has 1 aliphatic carbocycles. The van der Waals surface area contributed by atoms with Crippen molar-refractivity contribution in [2.24, 2.45) is 5.92 Å². The number of pyridine rings is 1. The van der Waals surface area contributed by atoms with Gasteiger partial charge in [-0.15, -0.1) is 0 Å². The Labute approximate surface area is 164 Å². The number of ether oxygens (including phenoxy) is 1. The standard InChI is InChI=1S/C21H25FN4O2/c1-12-20-18(26(3)13(2)21(27)25-20)10-19(23-12)24-16-8-14(9-16)11-28-17-6-4-15(22)5-7-17/h4-7,10,13-14,16H,8-9,11H2,1-3H3,(H,23,24)(H,25,27)/t13?,14-,16+. The molecule has 7 heteroatoms. The summed E-state index contributed by atoms with van der Waals surface area (Å²) in [5.41, 5.74) is 2.58. The van der Waals surface area contributed by atoms with E-state index in [0.717, 1.165) is 35.7 Å². The second-order valence-electron chi connectivity index (χ2n) is 7.71. The molecule has 1 amide bonds. The lowest BCUT2D eigenvalue weighted by Crippen LogP contribution is -2.44. The van der Waals surface area contributed by atoms with Crippen LogP contribution in [0.1, 0.15) is 25.5 Å². The summed E-state index contributed by atoms with van der Waals surface area (Å²) in [7, 11) is 1.93. The SMILES string of the molecule is Cc1nc(N[C@H]2C[C@@H](COc3ccc(F)cc3)C2)cc2c1NC(=O)C(C)N2C. The number of aryl methyl sites for hydroxylation is 1. The maximum absolute atomic E-state index is 12.9. The van der Waals surface area contributed by atoms with Gasteiger partial charge in [0.1, 0.15) is 23.4 Å². The highest BCUT2D eigenvalue weighted by atomic mass is 19.1. The van der Waals surface area contributed by atoms with Crippen molar-refractivity contribution in [1.29, 1.82) is 0 Å². The highest BCUT2D eigenvalue weighted by Crippen LogP contribution is 2.36. The summed E-state index contributed by atoms with van der Waals surface area (Å²) in [4.78, 5) is 18.6. The van der Waals surface area contributed by atoms with Crippen LogP contribution in [0, 0.1) is 18.7 Å². The van der Waals surface area contributed by atoms with Crippen LogP contribution >= 0.6 is 0 Å². The molecule has 0 spiro atoms. The molecule has 2 aliphatic rings. The minimum atomic E-state index is -0.257. The predicted octanol–water partition coefficient (Wildman–Crippen LogP) is 3.58. The fourth-order valence-electron chi connectivity index (χ4n) is 3.72. The highest BCUT2D eigenvalue weighted by Gasteiger charge is 2.32. The molecule has 2 heterocycles. The van der Waals surface area contributed by atoms with Crippen LogP contribution in [0.4, 0.5) is 21.6 Å². The number of hydrogen-bond acceptors (Lipinski definition) is 5. The predicted molar refractivity (Wildman–Crippen MR) is 107 cm³/mol. The Balaban J connectivity index is 1.33. The van der Waals surface area contributed by atoms with Crippen molar-refractivity contribution in [3.8, 4) is 5.75 Å². The van der Waals surface area contributed by atoms with E-state index >= 15 is 0 Å². The van der Waals surface area contributed by atoms with Crippen molar-refractivity contribution in [3.63, 3.8) is 0 Å². The molecule has 0 saturated heterocycles. The van der Waals surface area contributed by atoms with Gasteiger partial charge in [0.2, 0.25) is 5.91 Å². The van der Waals surface area contributed by atoms with Crippen molar-refractivity contribution in [3.05, 3.63) is 41.8 Å². The zero-order valence-corrected chi connectivity index (χ0v) is 16.3. The van der Waals surface area contributed by atoms with Crippen LogP contribution in [-0.2, 0) is 4.79 Å². The van der Waals surface area contributed by atoms with E-state index in [0.29, 0.717) is 24.3 Å². The number of aromatic nitrogens is 1. The van der Waals surface area contributed by atoms with Crippen LogP contribution in [0.15, 0.2) is 30.3 Å². The average Bonchev–Trinajstić information content (AvgIpc) is 2.64. The second kappa shape index (κ2) is 7.30. The molecule has 1 unspecified atom stereocenters. The van der Waals surface area contributed by atoms with E-state index in [-0.39, 0.29) is 17.8 Å². The number of hydrogen-bond donors (Lipinski definition) is 2. The number of rotatable bonds is 5. The molecule has 2 aromatic rings. The third kappa shape index (κ3) is 3.61. The maximum Gasteiger partial charge on any atom is 0.246 e. The number of benzene rings is 1. The number of likely N-dealkylation sites (N-methyl/N-ethyl adjacent to an activating group) is 1. The van der Waals surface area contributed by atoms with Gasteiger partial charge >= 0.3 is 0 Å². The minimum absolute atomic E-state index is 0.0106. The van der Waals surface area contributed by atoms with Crippen LogP contribution in [0.3, 0.4) is 0 Å². The van der Waals surface area contributed by atoms with Gasteiger partial charge in [0.15, 0.2) is 0 Å². The first-order valence-electron chi connectivity index (χ1n) is 9.61. The molecule has 1 aromatic heterocycles. The number of nitrogens with one attached hydrogen (secondary N) is 2. The van der Waals surface area contributed by atoms with Gasteiger partial charge in [-0.05, 0) is 56.9 Å². The summed E-state index contributed by atoms with van der Waals surface area (Å²) in [5, 5.41) is 6.44. The minimum Gasteiger partial charge on any atom is -0.493 e. The molecule has 1 atom stereocenters. The molecule has 4 rings (SSSR count). The van der Waals surface area contributed by atoms with Crippen molar-refractivity contribution >= 4 is 23.1 Å². The van der Waals surface area contributed by atoms with Crippen LogP contribution in [0.5, 0.6) is 5.75 Å². The number of carbonyl (C=O) groups is 1. The molecule has 6 nitrogen and oxygen atoms in total. The van der Waals surface area contributed by atoms with Crippen LogP contribution in [-0.4, -0.2) is 36.6 Å². The first-order chi connectivity index (χ1) is 13.4. The van der Waals surface area contributed by atoms with Gasteiger partial charge in [-0.3, -0.25) is 4.79 Å². The number of fused-ring (bicyclic) bond motifs is 1. The number of nitrogens with zero attached hydrogens (tertiary/aromatic N) is 2. The van der Waals surface area contributed by atoms with E-state index in [1.54, 1.807) is 12.1 Å². The van der Waals surface area contributed by atoms with Crippen LogP contribution in [0.25, 0.3) is 0 Å². The monoisotopic (exact) mass is 384 g/mol. The van der Waals surface area contributed by atoms with Gasteiger partial charge in [0, 0.05) is 19.2 Å². The van der Waals surface area contributed by atoms with Crippen molar-refractivity contribution in [2.45, 2.75) is 38.8 Å². The Bertz CT molecular complexity index is 881. The molecular formula is C21H25FN4O2. The summed E-state index contributed by atoms with van der Waals surface area (Å²) in [6, 6.07) is 8.27. The van der Waals surface area contributed by atoms with Gasteiger partial charge in [-0.1, -0.05) is 0 Å². The van der Waals surface area contributed by atoms with Gasteiger partial charge in [-0.25, -0.2) is 9.37 Å². The van der Waals surface area contributed by atoms with Gasteiger partial charge in [0.05, 0.1) is 23.7 Å². The van der Waals surface area contributed by atoms with Gasteiger partial charge in [-0.2, -0.15) is 0 Å². The number of anilines is 3. The first kappa shape index (κ1) is 18.5. The molecule has 28 heavy (non-hydrogen) atoms. The third-order valence-electron chi connectivity index (χ3n) is 5.66. The normalized spacial score (nSPS) is 23.5. The summed E-state index contributed by atoms with van der Waals surface area (Å²) < 4.78 is 18.7. The van der Waals surface area contributed by atoms with E-state index in [4.69, 9.17) is 4.74 Å². The molecule has 148 valence electrons.